The second-order valence-electron chi connectivity index (χ2n) is 4.59. The van der Waals surface area contributed by atoms with Crippen LogP contribution in [0.5, 0.6) is 0 Å². The lowest BCUT2D eigenvalue weighted by atomic mass is 10.1. The number of anilines is 1. The van der Waals surface area contributed by atoms with Gasteiger partial charge in [-0.2, -0.15) is 0 Å². The third kappa shape index (κ3) is 2.15. The number of fused-ring (bicyclic) bond motifs is 1. The molecule has 1 heterocycles. The number of aromatic carboxylic acids is 1. The van der Waals surface area contributed by atoms with E-state index in [1.165, 1.54) is 36.4 Å². The minimum atomic E-state index is -1.34. The van der Waals surface area contributed by atoms with Gasteiger partial charge in [-0.3, -0.25) is 9.59 Å². The van der Waals surface area contributed by atoms with E-state index in [0.29, 0.717) is 0 Å². The number of carbonyl (C=O) groups is 3. The van der Waals surface area contributed by atoms with Crippen LogP contribution in [0.2, 0.25) is 10.0 Å². The second-order valence-corrected chi connectivity index (χ2v) is 5.41. The van der Waals surface area contributed by atoms with Crippen LogP contribution < -0.4 is 10.0 Å². The third-order valence-electron chi connectivity index (χ3n) is 3.29. The van der Waals surface area contributed by atoms with Crippen molar-refractivity contribution >= 4 is 46.7 Å². The zero-order valence-electron chi connectivity index (χ0n) is 10.8. The van der Waals surface area contributed by atoms with Crippen molar-refractivity contribution in [1.82, 2.24) is 0 Å². The molecule has 7 heteroatoms. The quantitative estimate of drug-likeness (QED) is 0.788. The first-order valence-electron chi connectivity index (χ1n) is 6.09. The number of carboxylic acids is 1. The lowest BCUT2D eigenvalue weighted by Crippen LogP contribution is -2.29. The van der Waals surface area contributed by atoms with E-state index >= 15 is 0 Å². The molecule has 1 aliphatic rings. The number of halogens is 2. The van der Waals surface area contributed by atoms with E-state index in [-0.39, 0.29) is 32.4 Å². The molecular formula is C15H6Cl2NO4-. The van der Waals surface area contributed by atoms with Crippen LogP contribution in [0, 0.1) is 0 Å². The van der Waals surface area contributed by atoms with Crippen molar-refractivity contribution in [2.45, 2.75) is 0 Å². The SMILES string of the molecule is O=C([O-])c1ccc(N2C(=O)c3cc(Cl)c(Cl)cc3C2=O)cc1. The van der Waals surface area contributed by atoms with E-state index in [9.17, 15) is 19.5 Å². The number of carbonyl (C=O) groups excluding carboxylic acids is 3. The number of amides is 2. The maximum atomic E-state index is 12.4. The fourth-order valence-electron chi connectivity index (χ4n) is 2.21. The topological polar surface area (TPSA) is 77.5 Å². The summed E-state index contributed by atoms with van der Waals surface area (Å²) in [6, 6.07) is 7.92. The largest absolute Gasteiger partial charge is 0.545 e. The minimum absolute atomic E-state index is 0.0496. The van der Waals surface area contributed by atoms with Crippen LogP contribution in [0.15, 0.2) is 36.4 Å². The molecule has 0 aromatic heterocycles. The van der Waals surface area contributed by atoms with Gasteiger partial charge in [-0.05, 0) is 29.8 Å². The molecule has 2 amide bonds. The summed E-state index contributed by atoms with van der Waals surface area (Å²) in [6.07, 6.45) is 0. The highest BCUT2D eigenvalue weighted by atomic mass is 35.5. The fourth-order valence-corrected chi connectivity index (χ4v) is 2.54. The number of carboxylic acid groups (broad SMARTS) is 1. The number of imide groups is 1. The number of benzene rings is 2. The second kappa shape index (κ2) is 5.12. The maximum Gasteiger partial charge on any atom is 0.266 e. The van der Waals surface area contributed by atoms with Gasteiger partial charge in [-0.15, -0.1) is 0 Å². The van der Waals surface area contributed by atoms with Crippen molar-refractivity contribution in [3.05, 3.63) is 63.1 Å². The summed E-state index contributed by atoms with van der Waals surface area (Å²) in [5.41, 5.74) is 0.515. The number of rotatable bonds is 2. The Morgan fingerprint density at radius 3 is 1.77 bits per heavy atom. The summed E-state index contributed by atoms with van der Waals surface area (Å²) in [5, 5.41) is 11.1. The molecule has 0 unspecified atom stereocenters. The standard InChI is InChI=1S/C15H7Cl2NO4/c16-11-5-9-10(6-12(11)17)14(20)18(13(9)19)8-3-1-7(2-4-8)15(21)22/h1-6H,(H,21,22)/p-1. The van der Waals surface area contributed by atoms with Gasteiger partial charge in [-0.1, -0.05) is 35.3 Å². The molecule has 0 saturated carbocycles. The van der Waals surface area contributed by atoms with Crippen LogP contribution >= 0.6 is 23.2 Å². The highest BCUT2D eigenvalue weighted by Gasteiger charge is 2.37. The molecule has 0 radical (unpaired) electrons. The number of hydrogen-bond donors (Lipinski definition) is 0. The molecule has 0 bridgehead atoms. The van der Waals surface area contributed by atoms with Crippen molar-refractivity contribution in [2.75, 3.05) is 4.90 Å². The predicted octanol–water partition coefficient (Wildman–Crippen LogP) is 2.16. The van der Waals surface area contributed by atoms with E-state index in [1.807, 2.05) is 0 Å². The van der Waals surface area contributed by atoms with Crippen molar-refractivity contribution in [3.8, 4) is 0 Å². The predicted molar refractivity (Wildman–Crippen MR) is 78.4 cm³/mol. The van der Waals surface area contributed by atoms with Gasteiger partial charge in [0.2, 0.25) is 0 Å². The van der Waals surface area contributed by atoms with Crippen LogP contribution in [0.3, 0.4) is 0 Å². The Labute approximate surface area is 134 Å². The van der Waals surface area contributed by atoms with E-state index in [1.54, 1.807) is 0 Å². The Kier molecular flexibility index (Phi) is 3.39. The molecule has 22 heavy (non-hydrogen) atoms. The molecular weight excluding hydrogens is 329 g/mol. The highest BCUT2D eigenvalue weighted by molar-refractivity contribution is 6.44. The molecule has 3 rings (SSSR count). The van der Waals surface area contributed by atoms with Crippen LogP contribution in [0.25, 0.3) is 0 Å². The van der Waals surface area contributed by atoms with Crippen molar-refractivity contribution in [2.24, 2.45) is 0 Å². The van der Waals surface area contributed by atoms with E-state index in [4.69, 9.17) is 23.2 Å². The molecule has 0 N–H and O–H groups in total. The smallest absolute Gasteiger partial charge is 0.266 e. The Bertz CT molecular complexity index is 789. The summed E-state index contributed by atoms with van der Waals surface area (Å²) < 4.78 is 0. The maximum absolute atomic E-state index is 12.4. The molecule has 2 aromatic rings. The summed E-state index contributed by atoms with van der Waals surface area (Å²) in [4.78, 5) is 36.4. The van der Waals surface area contributed by atoms with Gasteiger partial charge >= 0.3 is 0 Å². The average molecular weight is 335 g/mol. The molecule has 2 aromatic carbocycles. The zero-order chi connectivity index (χ0) is 16.0. The molecule has 0 spiro atoms. The van der Waals surface area contributed by atoms with Crippen molar-refractivity contribution in [1.29, 1.82) is 0 Å². The summed E-state index contributed by atoms with van der Waals surface area (Å²) in [7, 11) is 0. The van der Waals surface area contributed by atoms with Crippen molar-refractivity contribution < 1.29 is 19.5 Å². The van der Waals surface area contributed by atoms with Gasteiger partial charge in [0, 0.05) is 0 Å². The average Bonchev–Trinajstić information content (AvgIpc) is 2.72. The van der Waals surface area contributed by atoms with Crippen molar-refractivity contribution in [3.63, 3.8) is 0 Å². The van der Waals surface area contributed by atoms with E-state index < -0.39 is 17.8 Å². The number of nitrogens with zero attached hydrogens (tertiary/aromatic N) is 1. The molecule has 0 saturated heterocycles. The highest BCUT2D eigenvalue weighted by Crippen LogP contribution is 2.33. The molecule has 0 atom stereocenters. The Balaban J connectivity index is 2.05. The monoisotopic (exact) mass is 334 g/mol. The van der Waals surface area contributed by atoms with Gasteiger partial charge in [0.15, 0.2) is 0 Å². The Morgan fingerprint density at radius 1 is 0.909 bits per heavy atom. The lowest BCUT2D eigenvalue weighted by Gasteiger charge is -2.14. The van der Waals surface area contributed by atoms with Crippen LogP contribution in [-0.4, -0.2) is 17.8 Å². The first-order valence-corrected chi connectivity index (χ1v) is 6.85. The normalized spacial score (nSPS) is 13.5. The molecule has 0 aliphatic carbocycles. The van der Waals surface area contributed by atoms with Crippen LogP contribution in [-0.2, 0) is 0 Å². The van der Waals surface area contributed by atoms with Gasteiger partial charge in [0.05, 0.1) is 32.8 Å². The van der Waals surface area contributed by atoms with Gasteiger partial charge in [0.1, 0.15) is 0 Å². The first kappa shape index (κ1) is 14.6. The van der Waals surface area contributed by atoms with Gasteiger partial charge < -0.3 is 9.90 Å². The number of hydrogen-bond acceptors (Lipinski definition) is 4. The van der Waals surface area contributed by atoms with Crippen LogP contribution in [0.1, 0.15) is 31.1 Å². The summed E-state index contributed by atoms with van der Waals surface area (Å²) in [6.45, 7) is 0. The van der Waals surface area contributed by atoms with Gasteiger partial charge in [-0.25, -0.2) is 4.90 Å². The summed E-state index contributed by atoms with van der Waals surface area (Å²) in [5.74, 6) is -2.42. The van der Waals surface area contributed by atoms with E-state index in [2.05, 4.69) is 0 Å². The lowest BCUT2D eigenvalue weighted by molar-refractivity contribution is -0.255. The van der Waals surface area contributed by atoms with E-state index in [0.717, 1.165) is 4.90 Å². The fraction of sp³-hybridized carbons (Fsp3) is 0. The summed E-state index contributed by atoms with van der Waals surface area (Å²) >= 11 is 11.7. The molecule has 5 nitrogen and oxygen atoms in total. The first-order chi connectivity index (χ1) is 10.4. The molecule has 110 valence electrons. The Hall–Kier alpha value is -2.37. The zero-order valence-corrected chi connectivity index (χ0v) is 12.3. The Morgan fingerprint density at radius 2 is 1.36 bits per heavy atom. The van der Waals surface area contributed by atoms with Gasteiger partial charge in [0.25, 0.3) is 11.8 Å². The third-order valence-corrected chi connectivity index (χ3v) is 4.01. The molecule has 1 aliphatic heterocycles. The molecule has 0 fully saturated rings. The van der Waals surface area contributed by atoms with Crippen LogP contribution in [0.4, 0.5) is 5.69 Å². The minimum Gasteiger partial charge on any atom is -0.545 e.